The van der Waals surface area contributed by atoms with Gasteiger partial charge in [-0.3, -0.25) is 0 Å². The Morgan fingerprint density at radius 3 is 2.11 bits per heavy atom. The highest BCUT2D eigenvalue weighted by Gasteiger charge is 2.03. The Morgan fingerprint density at radius 2 is 1.44 bits per heavy atom. The SMILES string of the molecule is Cc1c(N)ccc(/N=N/c2ccc(N)cc2)c1C. The summed E-state index contributed by atoms with van der Waals surface area (Å²) in [6.07, 6.45) is 0. The number of nitrogens with zero attached hydrogens (tertiary/aromatic N) is 2. The van der Waals surface area contributed by atoms with Crippen molar-refractivity contribution in [1.82, 2.24) is 0 Å². The Hall–Kier alpha value is -2.36. The van der Waals surface area contributed by atoms with Gasteiger partial charge in [-0.2, -0.15) is 10.2 Å². The molecule has 4 nitrogen and oxygen atoms in total. The van der Waals surface area contributed by atoms with Crippen molar-refractivity contribution < 1.29 is 0 Å². The van der Waals surface area contributed by atoms with Gasteiger partial charge >= 0.3 is 0 Å². The zero-order chi connectivity index (χ0) is 13.1. The van der Waals surface area contributed by atoms with Crippen LogP contribution in [0.4, 0.5) is 22.7 Å². The maximum Gasteiger partial charge on any atom is 0.0890 e. The number of benzene rings is 2. The summed E-state index contributed by atoms with van der Waals surface area (Å²) in [6.45, 7) is 3.97. The molecule has 2 aromatic carbocycles. The molecule has 0 atom stereocenters. The molecule has 0 aliphatic heterocycles. The Morgan fingerprint density at radius 1 is 0.778 bits per heavy atom. The summed E-state index contributed by atoms with van der Waals surface area (Å²) < 4.78 is 0. The van der Waals surface area contributed by atoms with Crippen LogP contribution in [0.5, 0.6) is 0 Å². The molecule has 0 amide bonds. The molecule has 18 heavy (non-hydrogen) atoms. The summed E-state index contributed by atoms with van der Waals surface area (Å²) in [5, 5.41) is 8.41. The van der Waals surface area contributed by atoms with Crippen molar-refractivity contribution in [1.29, 1.82) is 0 Å². The van der Waals surface area contributed by atoms with E-state index in [-0.39, 0.29) is 0 Å². The minimum absolute atomic E-state index is 0.716. The molecule has 0 fully saturated rings. The maximum absolute atomic E-state index is 5.83. The van der Waals surface area contributed by atoms with Gasteiger partial charge in [-0.1, -0.05) is 0 Å². The Balaban J connectivity index is 2.29. The number of hydrogen-bond donors (Lipinski definition) is 2. The first-order valence-electron chi connectivity index (χ1n) is 5.71. The molecule has 0 aromatic heterocycles. The largest absolute Gasteiger partial charge is 0.399 e. The van der Waals surface area contributed by atoms with Gasteiger partial charge in [-0.25, -0.2) is 0 Å². The van der Waals surface area contributed by atoms with Crippen LogP contribution in [0.1, 0.15) is 11.1 Å². The first kappa shape index (κ1) is 12.1. The van der Waals surface area contributed by atoms with Crippen LogP contribution in [0.3, 0.4) is 0 Å². The van der Waals surface area contributed by atoms with E-state index in [0.717, 1.165) is 28.2 Å². The van der Waals surface area contributed by atoms with Crippen LogP contribution in [0.2, 0.25) is 0 Å². The molecule has 0 radical (unpaired) electrons. The molecule has 0 aliphatic rings. The normalized spacial score (nSPS) is 11.0. The molecule has 0 spiro atoms. The molecule has 0 aliphatic carbocycles. The number of nitrogens with two attached hydrogens (primary N) is 2. The Bertz CT molecular complexity index is 585. The second kappa shape index (κ2) is 4.87. The quantitative estimate of drug-likeness (QED) is 0.617. The van der Waals surface area contributed by atoms with E-state index in [9.17, 15) is 0 Å². The maximum atomic E-state index is 5.83. The lowest BCUT2D eigenvalue weighted by molar-refractivity contribution is 1.19. The fourth-order valence-corrected chi connectivity index (χ4v) is 1.59. The van der Waals surface area contributed by atoms with E-state index >= 15 is 0 Å². The first-order valence-corrected chi connectivity index (χ1v) is 5.71. The number of azo groups is 1. The molecule has 2 aromatic rings. The van der Waals surface area contributed by atoms with Crippen molar-refractivity contribution >= 4 is 22.7 Å². The van der Waals surface area contributed by atoms with Crippen molar-refractivity contribution in [3.63, 3.8) is 0 Å². The van der Waals surface area contributed by atoms with Gasteiger partial charge in [0.05, 0.1) is 11.4 Å². The van der Waals surface area contributed by atoms with Crippen molar-refractivity contribution in [2.75, 3.05) is 11.5 Å². The summed E-state index contributed by atoms with van der Waals surface area (Å²) >= 11 is 0. The van der Waals surface area contributed by atoms with E-state index < -0.39 is 0 Å². The molecule has 4 N–H and O–H groups in total. The van der Waals surface area contributed by atoms with Crippen LogP contribution in [0, 0.1) is 13.8 Å². The predicted molar refractivity (Wildman–Crippen MR) is 75.4 cm³/mol. The van der Waals surface area contributed by atoms with Crippen LogP contribution in [-0.2, 0) is 0 Å². The Kier molecular flexibility index (Phi) is 3.28. The van der Waals surface area contributed by atoms with Gasteiger partial charge in [-0.15, -0.1) is 0 Å². The van der Waals surface area contributed by atoms with Gasteiger partial charge in [0.15, 0.2) is 0 Å². The third-order valence-electron chi connectivity index (χ3n) is 2.97. The molecule has 0 unspecified atom stereocenters. The van der Waals surface area contributed by atoms with Crippen molar-refractivity contribution in [2.45, 2.75) is 13.8 Å². The van der Waals surface area contributed by atoms with E-state index in [2.05, 4.69) is 10.2 Å². The van der Waals surface area contributed by atoms with Crippen LogP contribution >= 0.6 is 0 Å². The van der Waals surface area contributed by atoms with Gasteiger partial charge in [0, 0.05) is 11.4 Å². The average Bonchev–Trinajstić information content (AvgIpc) is 2.37. The van der Waals surface area contributed by atoms with Gasteiger partial charge in [0.1, 0.15) is 0 Å². The zero-order valence-electron chi connectivity index (χ0n) is 10.5. The van der Waals surface area contributed by atoms with E-state index in [1.165, 1.54) is 0 Å². The summed E-state index contributed by atoms with van der Waals surface area (Å²) in [5.74, 6) is 0. The van der Waals surface area contributed by atoms with Crippen LogP contribution in [0.15, 0.2) is 46.6 Å². The molecule has 0 heterocycles. The van der Waals surface area contributed by atoms with Crippen LogP contribution < -0.4 is 11.5 Å². The average molecular weight is 240 g/mol. The van der Waals surface area contributed by atoms with E-state index in [1.807, 2.05) is 38.1 Å². The van der Waals surface area contributed by atoms with Gasteiger partial charge < -0.3 is 11.5 Å². The third kappa shape index (κ3) is 2.48. The van der Waals surface area contributed by atoms with E-state index in [1.54, 1.807) is 12.1 Å². The van der Waals surface area contributed by atoms with E-state index in [0.29, 0.717) is 5.69 Å². The molecule has 0 saturated heterocycles. The second-order valence-corrected chi connectivity index (χ2v) is 4.22. The van der Waals surface area contributed by atoms with Crippen molar-refractivity contribution in [3.8, 4) is 0 Å². The number of nitrogen functional groups attached to an aromatic ring is 2. The fourth-order valence-electron chi connectivity index (χ4n) is 1.59. The number of hydrogen-bond acceptors (Lipinski definition) is 4. The molecule has 2 rings (SSSR count). The van der Waals surface area contributed by atoms with Gasteiger partial charge in [-0.05, 0) is 61.4 Å². The minimum Gasteiger partial charge on any atom is -0.399 e. The van der Waals surface area contributed by atoms with Crippen molar-refractivity contribution in [3.05, 3.63) is 47.5 Å². The van der Waals surface area contributed by atoms with Gasteiger partial charge in [0.2, 0.25) is 0 Å². The minimum atomic E-state index is 0.716. The van der Waals surface area contributed by atoms with E-state index in [4.69, 9.17) is 11.5 Å². The lowest BCUT2D eigenvalue weighted by Gasteiger charge is -2.06. The lowest BCUT2D eigenvalue weighted by Crippen LogP contribution is -1.91. The molecule has 0 saturated carbocycles. The van der Waals surface area contributed by atoms with Crippen LogP contribution in [0.25, 0.3) is 0 Å². The highest BCUT2D eigenvalue weighted by atomic mass is 15.1. The zero-order valence-corrected chi connectivity index (χ0v) is 10.5. The molecular formula is C14H16N4. The standard InChI is InChI=1S/C14H16N4/c1-9-10(2)14(8-7-13(9)16)18-17-12-5-3-11(15)4-6-12/h3-8H,15-16H2,1-2H3/b18-17+. The van der Waals surface area contributed by atoms with Gasteiger partial charge in [0.25, 0.3) is 0 Å². The summed E-state index contributed by atoms with van der Waals surface area (Å²) in [7, 11) is 0. The van der Waals surface area contributed by atoms with Crippen LogP contribution in [-0.4, -0.2) is 0 Å². The lowest BCUT2D eigenvalue weighted by atomic mass is 10.1. The molecule has 4 heteroatoms. The third-order valence-corrected chi connectivity index (χ3v) is 2.97. The molecule has 0 bridgehead atoms. The highest BCUT2D eigenvalue weighted by molar-refractivity contribution is 5.60. The number of rotatable bonds is 2. The Labute approximate surface area is 106 Å². The topological polar surface area (TPSA) is 76.8 Å². The number of anilines is 2. The van der Waals surface area contributed by atoms with Crippen molar-refractivity contribution in [2.24, 2.45) is 10.2 Å². The highest BCUT2D eigenvalue weighted by Crippen LogP contribution is 2.27. The smallest absolute Gasteiger partial charge is 0.0890 e. The second-order valence-electron chi connectivity index (χ2n) is 4.22. The molecule has 92 valence electrons. The first-order chi connectivity index (χ1) is 8.58. The predicted octanol–water partition coefficient (Wildman–Crippen LogP) is 3.88. The monoisotopic (exact) mass is 240 g/mol. The molecular weight excluding hydrogens is 224 g/mol. The summed E-state index contributed by atoms with van der Waals surface area (Å²) in [6, 6.07) is 11.0. The summed E-state index contributed by atoms with van der Waals surface area (Å²) in [4.78, 5) is 0. The fraction of sp³-hybridized carbons (Fsp3) is 0.143. The summed E-state index contributed by atoms with van der Waals surface area (Å²) in [5.41, 5.74) is 16.6.